The van der Waals surface area contributed by atoms with Crippen LogP contribution in [-0.4, -0.2) is 19.0 Å². The Morgan fingerprint density at radius 2 is 1.81 bits per heavy atom. The SMILES string of the molecule is O=C(c1cc(Br)cc(Br)c1)N1CCCNc2ccccc21. The lowest BCUT2D eigenvalue weighted by molar-refractivity contribution is 0.0987. The summed E-state index contributed by atoms with van der Waals surface area (Å²) in [6, 6.07) is 13.6. The number of carbonyl (C=O) groups is 1. The molecular weight excluding hydrogens is 396 g/mol. The average Bonchev–Trinajstić information content (AvgIpc) is 2.68. The van der Waals surface area contributed by atoms with Crippen molar-refractivity contribution in [3.63, 3.8) is 0 Å². The first kappa shape index (κ1) is 14.6. The molecule has 1 heterocycles. The van der Waals surface area contributed by atoms with Gasteiger partial charge in [0.25, 0.3) is 5.91 Å². The molecule has 5 heteroatoms. The number of hydrogen-bond donors (Lipinski definition) is 1. The molecule has 0 spiro atoms. The smallest absolute Gasteiger partial charge is 0.258 e. The van der Waals surface area contributed by atoms with Crippen molar-refractivity contribution in [2.24, 2.45) is 0 Å². The topological polar surface area (TPSA) is 32.3 Å². The van der Waals surface area contributed by atoms with Gasteiger partial charge in [0.2, 0.25) is 0 Å². The first-order chi connectivity index (χ1) is 10.1. The fourth-order valence-corrected chi connectivity index (χ4v) is 3.78. The standard InChI is InChI=1S/C16H14Br2N2O/c17-12-8-11(9-13(18)10-12)16(21)20-7-3-6-19-14-4-1-2-5-15(14)20/h1-2,4-5,8-10,19H,3,6-7H2. The van der Waals surface area contributed by atoms with Crippen molar-refractivity contribution in [1.82, 2.24) is 0 Å². The molecule has 0 atom stereocenters. The molecular formula is C16H14Br2N2O. The van der Waals surface area contributed by atoms with Crippen LogP contribution in [0.1, 0.15) is 16.8 Å². The van der Waals surface area contributed by atoms with Crippen molar-refractivity contribution in [2.75, 3.05) is 23.3 Å². The summed E-state index contributed by atoms with van der Waals surface area (Å²) >= 11 is 6.88. The van der Waals surface area contributed by atoms with Crippen molar-refractivity contribution in [3.8, 4) is 0 Å². The first-order valence-corrected chi connectivity index (χ1v) is 8.34. The fraction of sp³-hybridized carbons (Fsp3) is 0.188. The van der Waals surface area contributed by atoms with Gasteiger partial charge in [-0.3, -0.25) is 4.79 Å². The minimum atomic E-state index is 0.0214. The molecule has 2 aromatic carbocycles. The molecule has 0 radical (unpaired) electrons. The molecule has 108 valence electrons. The Morgan fingerprint density at radius 1 is 1.10 bits per heavy atom. The summed E-state index contributed by atoms with van der Waals surface area (Å²) < 4.78 is 1.78. The molecule has 3 nitrogen and oxygen atoms in total. The summed E-state index contributed by atoms with van der Waals surface area (Å²) in [5.74, 6) is 0.0214. The number of nitrogens with one attached hydrogen (secondary N) is 1. The van der Waals surface area contributed by atoms with E-state index in [9.17, 15) is 4.79 Å². The molecule has 3 rings (SSSR count). The van der Waals surface area contributed by atoms with Gasteiger partial charge in [-0.15, -0.1) is 0 Å². The third kappa shape index (κ3) is 3.14. The Morgan fingerprint density at radius 3 is 2.57 bits per heavy atom. The number of halogens is 2. The van der Waals surface area contributed by atoms with Gasteiger partial charge in [0.1, 0.15) is 0 Å². The summed E-state index contributed by atoms with van der Waals surface area (Å²) in [6.07, 6.45) is 0.926. The lowest BCUT2D eigenvalue weighted by Gasteiger charge is -2.22. The second-order valence-electron chi connectivity index (χ2n) is 4.91. The van der Waals surface area contributed by atoms with E-state index in [1.807, 2.05) is 47.4 Å². The highest BCUT2D eigenvalue weighted by Crippen LogP contribution is 2.30. The van der Waals surface area contributed by atoms with E-state index in [4.69, 9.17) is 0 Å². The maximum atomic E-state index is 12.9. The lowest BCUT2D eigenvalue weighted by Crippen LogP contribution is -2.31. The molecule has 1 aliphatic heterocycles. The van der Waals surface area contributed by atoms with Crippen LogP contribution in [0.25, 0.3) is 0 Å². The maximum absolute atomic E-state index is 12.9. The third-order valence-corrected chi connectivity index (χ3v) is 4.34. The number of hydrogen-bond acceptors (Lipinski definition) is 2. The molecule has 0 saturated heterocycles. The molecule has 0 saturated carbocycles. The van der Waals surface area contributed by atoms with Crippen molar-refractivity contribution < 1.29 is 4.79 Å². The highest BCUT2D eigenvalue weighted by atomic mass is 79.9. The number of para-hydroxylation sites is 2. The Hall–Kier alpha value is -1.33. The van der Waals surface area contributed by atoms with E-state index >= 15 is 0 Å². The first-order valence-electron chi connectivity index (χ1n) is 6.76. The fourth-order valence-electron chi connectivity index (χ4n) is 2.48. The van der Waals surface area contributed by atoms with E-state index in [2.05, 4.69) is 37.2 Å². The highest BCUT2D eigenvalue weighted by molar-refractivity contribution is 9.11. The summed E-state index contributed by atoms with van der Waals surface area (Å²) in [4.78, 5) is 14.7. The molecule has 0 aromatic heterocycles. The number of nitrogens with zero attached hydrogens (tertiary/aromatic N) is 1. The van der Waals surface area contributed by atoms with Crippen LogP contribution in [0.15, 0.2) is 51.4 Å². The van der Waals surface area contributed by atoms with Gasteiger partial charge in [-0.25, -0.2) is 0 Å². The van der Waals surface area contributed by atoms with Gasteiger partial charge in [0.15, 0.2) is 0 Å². The minimum Gasteiger partial charge on any atom is -0.383 e. The van der Waals surface area contributed by atoms with Gasteiger partial charge in [0, 0.05) is 27.6 Å². The number of fused-ring (bicyclic) bond motifs is 1. The van der Waals surface area contributed by atoms with Crippen LogP contribution in [0.4, 0.5) is 11.4 Å². The normalized spacial score (nSPS) is 14.1. The Labute approximate surface area is 140 Å². The number of carbonyl (C=O) groups excluding carboxylic acids is 1. The number of rotatable bonds is 1. The van der Waals surface area contributed by atoms with Crippen LogP contribution in [0.2, 0.25) is 0 Å². The van der Waals surface area contributed by atoms with Crippen LogP contribution in [0.3, 0.4) is 0 Å². The predicted molar refractivity (Wildman–Crippen MR) is 93.1 cm³/mol. The summed E-state index contributed by atoms with van der Waals surface area (Å²) in [6.45, 7) is 1.59. The highest BCUT2D eigenvalue weighted by Gasteiger charge is 2.22. The van der Waals surface area contributed by atoms with E-state index in [1.54, 1.807) is 0 Å². The zero-order valence-corrected chi connectivity index (χ0v) is 14.4. The second-order valence-corrected chi connectivity index (χ2v) is 6.74. The van der Waals surface area contributed by atoms with Crippen LogP contribution in [0, 0.1) is 0 Å². The van der Waals surface area contributed by atoms with Crippen LogP contribution < -0.4 is 10.2 Å². The van der Waals surface area contributed by atoms with E-state index in [-0.39, 0.29) is 5.91 Å². The summed E-state index contributed by atoms with van der Waals surface area (Å²) in [5.41, 5.74) is 2.63. The van der Waals surface area contributed by atoms with E-state index in [0.717, 1.165) is 33.3 Å². The van der Waals surface area contributed by atoms with Crippen molar-refractivity contribution >= 4 is 49.1 Å². The molecule has 0 fully saturated rings. The van der Waals surface area contributed by atoms with Crippen molar-refractivity contribution in [2.45, 2.75) is 6.42 Å². The average molecular weight is 410 g/mol. The van der Waals surface area contributed by atoms with Gasteiger partial charge in [-0.2, -0.15) is 0 Å². The monoisotopic (exact) mass is 408 g/mol. The molecule has 0 bridgehead atoms. The van der Waals surface area contributed by atoms with E-state index < -0.39 is 0 Å². The number of benzene rings is 2. The van der Waals surface area contributed by atoms with Gasteiger partial charge >= 0.3 is 0 Å². The molecule has 2 aromatic rings. The molecule has 1 N–H and O–H groups in total. The Bertz CT molecular complexity index is 667. The zero-order valence-electron chi connectivity index (χ0n) is 11.3. The molecule has 1 amide bonds. The summed E-state index contributed by atoms with van der Waals surface area (Å²) in [5, 5.41) is 3.37. The maximum Gasteiger partial charge on any atom is 0.258 e. The Kier molecular flexibility index (Phi) is 4.31. The van der Waals surface area contributed by atoms with Crippen molar-refractivity contribution in [3.05, 3.63) is 57.0 Å². The predicted octanol–water partition coefficient (Wildman–Crippen LogP) is 4.67. The van der Waals surface area contributed by atoms with Crippen LogP contribution >= 0.6 is 31.9 Å². The van der Waals surface area contributed by atoms with Crippen LogP contribution in [0.5, 0.6) is 0 Å². The summed E-state index contributed by atoms with van der Waals surface area (Å²) in [7, 11) is 0. The zero-order chi connectivity index (χ0) is 14.8. The minimum absolute atomic E-state index is 0.0214. The van der Waals surface area contributed by atoms with Crippen molar-refractivity contribution in [1.29, 1.82) is 0 Å². The molecule has 0 unspecified atom stereocenters. The van der Waals surface area contributed by atoms with Gasteiger partial charge < -0.3 is 10.2 Å². The number of amides is 1. The van der Waals surface area contributed by atoms with Gasteiger partial charge in [-0.1, -0.05) is 44.0 Å². The second kappa shape index (κ2) is 6.20. The Balaban J connectivity index is 2.01. The quantitative estimate of drug-likeness (QED) is 0.741. The molecule has 1 aliphatic rings. The van der Waals surface area contributed by atoms with E-state index in [1.165, 1.54) is 0 Å². The third-order valence-electron chi connectivity index (χ3n) is 3.42. The van der Waals surface area contributed by atoms with Gasteiger partial charge in [-0.05, 0) is 36.8 Å². The lowest BCUT2D eigenvalue weighted by atomic mass is 10.1. The molecule has 21 heavy (non-hydrogen) atoms. The number of anilines is 2. The molecule has 0 aliphatic carbocycles. The van der Waals surface area contributed by atoms with E-state index in [0.29, 0.717) is 12.1 Å². The largest absolute Gasteiger partial charge is 0.383 e. The van der Waals surface area contributed by atoms with Gasteiger partial charge in [0.05, 0.1) is 11.4 Å². The van der Waals surface area contributed by atoms with Crippen LogP contribution in [-0.2, 0) is 0 Å².